The predicted molar refractivity (Wildman–Crippen MR) is 109 cm³/mol. The average molecular weight is 424 g/mol. The molecule has 0 aliphatic rings. The molecule has 1 aromatic rings. The van der Waals surface area contributed by atoms with Gasteiger partial charge in [-0.15, -0.1) is 0 Å². The van der Waals surface area contributed by atoms with Crippen LogP contribution in [0.15, 0.2) is 12.1 Å². The quantitative estimate of drug-likeness (QED) is 0.450. The third-order valence-electron chi connectivity index (χ3n) is 3.58. The fourth-order valence-corrected chi connectivity index (χ4v) is 2.34. The van der Waals surface area contributed by atoms with Crippen LogP contribution in [-0.2, 0) is 25.4 Å². The molecule has 1 aromatic heterocycles. The van der Waals surface area contributed by atoms with Crippen LogP contribution in [-0.4, -0.2) is 55.0 Å². The highest BCUT2D eigenvalue weighted by Gasteiger charge is 2.26. The zero-order valence-electron chi connectivity index (χ0n) is 18.6. The molecule has 0 spiro atoms. The number of carbonyl (C=O) groups is 3. The molecule has 1 amide bonds. The highest BCUT2D eigenvalue weighted by Crippen LogP contribution is 2.16. The van der Waals surface area contributed by atoms with E-state index in [1.165, 1.54) is 13.2 Å². The molecule has 168 valence electrons. The van der Waals surface area contributed by atoms with Gasteiger partial charge in [-0.05, 0) is 45.2 Å². The normalized spacial score (nSPS) is 11.9. The number of ether oxygens (including phenoxy) is 4. The Morgan fingerprint density at radius 1 is 1.07 bits per heavy atom. The van der Waals surface area contributed by atoms with E-state index in [0.717, 1.165) is 0 Å². The van der Waals surface area contributed by atoms with Crippen LogP contribution in [0.4, 0.5) is 4.79 Å². The molecule has 1 unspecified atom stereocenters. The fourth-order valence-electron chi connectivity index (χ4n) is 2.34. The van der Waals surface area contributed by atoms with Gasteiger partial charge in [0.25, 0.3) is 0 Å². The molecule has 1 N–H and O–H groups in total. The second-order valence-electron chi connectivity index (χ2n) is 7.61. The van der Waals surface area contributed by atoms with Crippen molar-refractivity contribution in [3.8, 4) is 5.88 Å². The van der Waals surface area contributed by atoms with Gasteiger partial charge in [0.1, 0.15) is 11.6 Å². The Morgan fingerprint density at radius 2 is 1.70 bits per heavy atom. The van der Waals surface area contributed by atoms with Gasteiger partial charge in [-0.1, -0.05) is 13.8 Å². The molecular weight excluding hydrogens is 392 g/mol. The first-order valence-electron chi connectivity index (χ1n) is 9.97. The molecule has 0 aromatic carbocycles. The maximum Gasteiger partial charge on any atom is 0.408 e. The lowest BCUT2D eigenvalue weighted by Gasteiger charge is -2.23. The van der Waals surface area contributed by atoms with Gasteiger partial charge in [0.15, 0.2) is 5.69 Å². The summed E-state index contributed by atoms with van der Waals surface area (Å²) in [6, 6.07) is 2.06. The predicted octanol–water partition coefficient (Wildman–Crippen LogP) is 3.05. The number of esters is 2. The molecule has 0 saturated heterocycles. The van der Waals surface area contributed by atoms with Crippen LogP contribution in [0.3, 0.4) is 0 Å². The molecule has 0 radical (unpaired) electrons. The molecule has 0 bridgehead atoms. The van der Waals surface area contributed by atoms with Crippen LogP contribution in [0, 0.1) is 0 Å². The lowest BCUT2D eigenvalue weighted by molar-refractivity contribution is -0.146. The summed E-state index contributed by atoms with van der Waals surface area (Å²) in [4.78, 5) is 41.0. The largest absolute Gasteiger partial charge is 0.481 e. The number of alkyl carbamates (subject to hydrolysis) is 1. The summed E-state index contributed by atoms with van der Waals surface area (Å²) in [7, 11) is 1.42. The van der Waals surface area contributed by atoms with E-state index in [0.29, 0.717) is 18.4 Å². The van der Waals surface area contributed by atoms with Crippen LogP contribution in [0.25, 0.3) is 0 Å². The number of hydrogen-bond acceptors (Lipinski definition) is 8. The summed E-state index contributed by atoms with van der Waals surface area (Å²) in [6.07, 6.45) is 0.619. The van der Waals surface area contributed by atoms with Gasteiger partial charge in [-0.25, -0.2) is 19.4 Å². The van der Waals surface area contributed by atoms with Crippen LogP contribution in [0.5, 0.6) is 5.88 Å². The van der Waals surface area contributed by atoms with E-state index in [2.05, 4.69) is 10.3 Å². The molecule has 9 heteroatoms. The summed E-state index contributed by atoms with van der Waals surface area (Å²) in [5.74, 6) is -1.01. The molecule has 0 fully saturated rings. The van der Waals surface area contributed by atoms with E-state index in [1.807, 2.05) is 13.8 Å². The first-order valence-corrected chi connectivity index (χ1v) is 9.97. The zero-order chi connectivity index (χ0) is 22.7. The highest BCUT2D eigenvalue weighted by molar-refractivity contribution is 5.88. The Kier molecular flexibility index (Phi) is 10.1. The third kappa shape index (κ3) is 9.11. The smallest absolute Gasteiger partial charge is 0.408 e. The summed E-state index contributed by atoms with van der Waals surface area (Å²) < 4.78 is 20.7. The van der Waals surface area contributed by atoms with Crippen molar-refractivity contribution < 1.29 is 33.3 Å². The second kappa shape index (κ2) is 12.0. The van der Waals surface area contributed by atoms with Crippen molar-refractivity contribution in [1.29, 1.82) is 0 Å². The molecule has 0 aliphatic heterocycles. The first kappa shape index (κ1) is 25.2. The zero-order valence-corrected chi connectivity index (χ0v) is 18.6. The molecule has 0 saturated carbocycles. The lowest BCUT2D eigenvalue weighted by Crippen LogP contribution is -2.45. The summed E-state index contributed by atoms with van der Waals surface area (Å²) in [5, 5.41) is 2.54. The minimum absolute atomic E-state index is 0.0503. The van der Waals surface area contributed by atoms with E-state index < -0.39 is 29.7 Å². The average Bonchev–Trinajstić information content (AvgIpc) is 2.67. The summed E-state index contributed by atoms with van der Waals surface area (Å²) in [5.41, 5.74) is -0.131. The van der Waals surface area contributed by atoms with Crippen LogP contribution >= 0.6 is 0 Å². The van der Waals surface area contributed by atoms with Gasteiger partial charge < -0.3 is 24.3 Å². The summed E-state index contributed by atoms with van der Waals surface area (Å²) >= 11 is 0. The molecular formula is C21H32N2O7. The number of hydrogen-bond donors (Lipinski definition) is 1. The molecule has 1 heterocycles. The monoisotopic (exact) mass is 424 g/mol. The van der Waals surface area contributed by atoms with Crippen molar-refractivity contribution in [3.63, 3.8) is 0 Å². The van der Waals surface area contributed by atoms with Crippen LogP contribution < -0.4 is 10.1 Å². The van der Waals surface area contributed by atoms with E-state index in [-0.39, 0.29) is 31.2 Å². The van der Waals surface area contributed by atoms with E-state index in [9.17, 15) is 14.4 Å². The van der Waals surface area contributed by atoms with Crippen molar-refractivity contribution in [3.05, 3.63) is 23.4 Å². The van der Waals surface area contributed by atoms with E-state index >= 15 is 0 Å². The van der Waals surface area contributed by atoms with Crippen molar-refractivity contribution >= 4 is 18.0 Å². The van der Waals surface area contributed by atoms with Crippen molar-refractivity contribution in [2.45, 2.75) is 65.5 Å². The molecule has 1 atom stereocenters. The lowest BCUT2D eigenvalue weighted by atomic mass is 10.1. The Balaban J connectivity index is 3.09. The van der Waals surface area contributed by atoms with Crippen molar-refractivity contribution in [2.24, 2.45) is 0 Å². The van der Waals surface area contributed by atoms with Gasteiger partial charge >= 0.3 is 18.0 Å². The van der Waals surface area contributed by atoms with Gasteiger partial charge in [0.2, 0.25) is 5.88 Å². The number of methoxy groups -OCH3 is 1. The van der Waals surface area contributed by atoms with Gasteiger partial charge in [0.05, 0.1) is 20.3 Å². The van der Waals surface area contributed by atoms with Gasteiger partial charge in [0, 0.05) is 12.5 Å². The summed E-state index contributed by atoms with van der Waals surface area (Å²) in [6.45, 7) is 9.40. The number of aromatic nitrogens is 1. The van der Waals surface area contributed by atoms with E-state index in [4.69, 9.17) is 18.9 Å². The number of amides is 1. The molecule has 30 heavy (non-hydrogen) atoms. The van der Waals surface area contributed by atoms with Crippen molar-refractivity contribution in [1.82, 2.24) is 10.3 Å². The Morgan fingerprint density at radius 3 is 2.27 bits per heavy atom. The molecule has 0 aliphatic carbocycles. The van der Waals surface area contributed by atoms with E-state index in [1.54, 1.807) is 26.8 Å². The minimum atomic E-state index is -1.02. The Bertz CT molecular complexity index is 729. The molecule has 1 rings (SSSR count). The SMILES string of the molecule is CCCOC(=O)c1cc(CC(NC(=O)OC(C)(C)C)C(=O)OCCC)cc(OC)n1. The van der Waals surface area contributed by atoms with Crippen molar-refractivity contribution in [2.75, 3.05) is 20.3 Å². The van der Waals surface area contributed by atoms with Gasteiger partial charge in [-0.2, -0.15) is 0 Å². The number of carbonyl (C=O) groups excluding carboxylic acids is 3. The Hall–Kier alpha value is -2.84. The highest BCUT2D eigenvalue weighted by atomic mass is 16.6. The number of pyridine rings is 1. The Labute approximate surface area is 177 Å². The molecule has 9 nitrogen and oxygen atoms in total. The fraction of sp³-hybridized carbons (Fsp3) is 0.619. The second-order valence-corrected chi connectivity index (χ2v) is 7.61. The number of nitrogens with zero attached hydrogens (tertiary/aromatic N) is 1. The topological polar surface area (TPSA) is 113 Å². The number of rotatable bonds is 10. The van der Waals surface area contributed by atoms with Gasteiger partial charge in [-0.3, -0.25) is 0 Å². The minimum Gasteiger partial charge on any atom is -0.481 e. The van der Waals surface area contributed by atoms with Crippen LogP contribution in [0.1, 0.15) is 63.5 Å². The third-order valence-corrected chi connectivity index (χ3v) is 3.58. The maximum absolute atomic E-state index is 12.5. The first-order chi connectivity index (χ1) is 14.1. The maximum atomic E-state index is 12.5. The standard InChI is InChI=1S/C21H32N2O7/c1-7-9-28-18(24)15-11-14(13-17(22-15)27-6)12-16(19(25)29-10-8-2)23-20(26)30-21(3,4)5/h11,13,16H,7-10,12H2,1-6H3,(H,23,26). The number of nitrogens with one attached hydrogen (secondary N) is 1. The van der Waals surface area contributed by atoms with Crippen LogP contribution in [0.2, 0.25) is 0 Å².